The molecular weight excluding hydrogens is 154 g/mol. The molecule has 0 bridgehead atoms. The van der Waals surface area contributed by atoms with Gasteiger partial charge in [0.2, 0.25) is 0 Å². The highest BCUT2D eigenvalue weighted by Gasteiger charge is 2.07. The van der Waals surface area contributed by atoms with Crippen molar-refractivity contribution in [1.29, 1.82) is 0 Å². The van der Waals surface area contributed by atoms with E-state index in [1.54, 1.807) is 13.8 Å². The molecule has 3 heteroatoms. The first-order valence-corrected chi connectivity index (χ1v) is 3.59. The van der Waals surface area contributed by atoms with Crippen LogP contribution in [0.5, 0.6) is 0 Å². The maximum Gasteiger partial charge on any atom is 0.196 e. The maximum absolute atomic E-state index is 11.2. The number of nitrogens with zero attached hydrogens (tertiary/aromatic N) is 1. The smallest absolute Gasteiger partial charge is 0.196 e. The molecule has 0 aliphatic rings. The van der Waals surface area contributed by atoms with Crippen LogP contribution in [0.3, 0.4) is 0 Å². The Labute approximate surface area is 70.8 Å². The van der Waals surface area contributed by atoms with Crippen LogP contribution in [0.1, 0.15) is 29.7 Å². The number of aromatic nitrogens is 1. The monoisotopic (exact) mass is 163 g/mol. The minimum atomic E-state index is -0.0961. The topological polar surface area (TPSA) is 43.1 Å². The van der Waals surface area contributed by atoms with E-state index in [2.05, 4.69) is 16.8 Å². The third-order valence-corrected chi connectivity index (χ3v) is 1.33. The Balaban J connectivity index is 2.69. The van der Waals surface area contributed by atoms with E-state index < -0.39 is 0 Å². The molecule has 1 rings (SSSR count). The maximum atomic E-state index is 11.2. The molecule has 3 nitrogen and oxygen atoms in total. The number of rotatable bonds is 2. The van der Waals surface area contributed by atoms with Crippen LogP contribution < -0.4 is 0 Å². The summed E-state index contributed by atoms with van der Waals surface area (Å²) in [6.45, 7) is 3.39. The lowest BCUT2D eigenvalue weighted by Gasteiger charge is -1.85. The Kier molecular flexibility index (Phi) is 2.65. The molecule has 0 fully saturated rings. The highest BCUT2D eigenvalue weighted by atomic mass is 16.3. The molecule has 0 atom stereocenters. The quantitative estimate of drug-likeness (QED) is 0.491. The number of ketones is 1. The van der Waals surface area contributed by atoms with Crippen LogP contribution in [0.15, 0.2) is 10.7 Å². The summed E-state index contributed by atoms with van der Waals surface area (Å²) in [5.74, 6) is 5.73. The Bertz CT molecular complexity index is 341. The Morgan fingerprint density at radius 3 is 3.00 bits per heavy atom. The fraction of sp³-hybridized carbons (Fsp3) is 0.333. The van der Waals surface area contributed by atoms with Crippen LogP contribution in [0.4, 0.5) is 0 Å². The minimum Gasteiger partial charge on any atom is -0.449 e. The van der Waals surface area contributed by atoms with Gasteiger partial charge >= 0.3 is 0 Å². The molecule has 0 unspecified atom stereocenters. The van der Waals surface area contributed by atoms with E-state index in [-0.39, 0.29) is 12.2 Å². The molecule has 0 aliphatic heterocycles. The molecular formula is C9H9NO2. The standard InChI is InChI=1S/C9H9NO2/c1-3-4-5-9(11)8-6-12-7(2)10-8/h6H,5H2,1-2H3. The van der Waals surface area contributed by atoms with Gasteiger partial charge in [0.1, 0.15) is 12.0 Å². The Morgan fingerprint density at radius 1 is 1.75 bits per heavy atom. The molecule has 62 valence electrons. The largest absolute Gasteiger partial charge is 0.449 e. The fourth-order valence-corrected chi connectivity index (χ4v) is 0.751. The normalized spacial score (nSPS) is 8.83. The molecule has 0 amide bonds. The first kappa shape index (κ1) is 8.54. The van der Waals surface area contributed by atoms with Crippen molar-refractivity contribution in [2.45, 2.75) is 20.3 Å². The van der Waals surface area contributed by atoms with Crippen molar-refractivity contribution < 1.29 is 9.21 Å². The molecule has 1 aromatic heterocycles. The SMILES string of the molecule is CC#CCC(=O)c1coc(C)n1. The van der Waals surface area contributed by atoms with E-state index in [4.69, 9.17) is 4.42 Å². The summed E-state index contributed by atoms with van der Waals surface area (Å²) in [7, 11) is 0. The molecule has 12 heavy (non-hydrogen) atoms. The van der Waals surface area contributed by atoms with Crippen LogP contribution >= 0.6 is 0 Å². The predicted molar refractivity (Wildman–Crippen MR) is 43.6 cm³/mol. The first-order chi connectivity index (χ1) is 5.74. The van der Waals surface area contributed by atoms with Crippen molar-refractivity contribution in [3.63, 3.8) is 0 Å². The fourth-order valence-electron chi connectivity index (χ4n) is 0.751. The predicted octanol–water partition coefficient (Wildman–Crippen LogP) is 1.58. The molecule has 0 N–H and O–H groups in total. The summed E-state index contributed by atoms with van der Waals surface area (Å²) in [5, 5.41) is 0. The summed E-state index contributed by atoms with van der Waals surface area (Å²) in [5.41, 5.74) is 0.357. The molecule has 0 spiro atoms. The number of hydrogen-bond acceptors (Lipinski definition) is 3. The number of hydrogen-bond donors (Lipinski definition) is 0. The van der Waals surface area contributed by atoms with E-state index in [0.717, 1.165) is 0 Å². The lowest BCUT2D eigenvalue weighted by atomic mass is 10.2. The van der Waals surface area contributed by atoms with Crippen molar-refractivity contribution in [3.8, 4) is 11.8 Å². The van der Waals surface area contributed by atoms with Crippen molar-refractivity contribution in [3.05, 3.63) is 17.8 Å². The van der Waals surface area contributed by atoms with Gasteiger partial charge in [-0.1, -0.05) is 5.92 Å². The van der Waals surface area contributed by atoms with E-state index >= 15 is 0 Å². The van der Waals surface area contributed by atoms with Gasteiger partial charge in [-0.3, -0.25) is 4.79 Å². The number of aryl methyl sites for hydroxylation is 1. The van der Waals surface area contributed by atoms with Gasteiger partial charge in [-0.2, -0.15) is 0 Å². The van der Waals surface area contributed by atoms with Gasteiger partial charge in [0, 0.05) is 6.92 Å². The first-order valence-electron chi connectivity index (χ1n) is 3.59. The zero-order valence-corrected chi connectivity index (χ0v) is 7.05. The summed E-state index contributed by atoms with van der Waals surface area (Å²) in [4.78, 5) is 15.1. The van der Waals surface area contributed by atoms with Gasteiger partial charge in [-0.15, -0.1) is 5.92 Å². The second-order valence-corrected chi connectivity index (χ2v) is 2.28. The van der Waals surface area contributed by atoms with Crippen LogP contribution in [0, 0.1) is 18.8 Å². The van der Waals surface area contributed by atoms with E-state index in [1.165, 1.54) is 6.26 Å². The summed E-state index contributed by atoms with van der Waals surface area (Å²) in [6, 6.07) is 0. The van der Waals surface area contributed by atoms with E-state index in [1.807, 2.05) is 0 Å². The molecule has 0 saturated heterocycles. The lowest BCUT2D eigenvalue weighted by molar-refractivity contribution is 0.0993. The molecule has 0 saturated carbocycles. The molecule has 1 aromatic rings. The summed E-state index contributed by atoms with van der Waals surface area (Å²) >= 11 is 0. The van der Waals surface area contributed by atoms with Gasteiger partial charge in [-0.25, -0.2) is 4.98 Å². The minimum absolute atomic E-state index is 0.0961. The zero-order valence-electron chi connectivity index (χ0n) is 7.05. The Morgan fingerprint density at radius 2 is 2.50 bits per heavy atom. The van der Waals surface area contributed by atoms with Crippen molar-refractivity contribution in [1.82, 2.24) is 4.98 Å². The van der Waals surface area contributed by atoms with Crippen LogP contribution in [0.2, 0.25) is 0 Å². The van der Waals surface area contributed by atoms with Crippen LogP contribution in [-0.2, 0) is 0 Å². The molecule has 1 heterocycles. The second-order valence-electron chi connectivity index (χ2n) is 2.28. The lowest BCUT2D eigenvalue weighted by Crippen LogP contribution is -1.97. The van der Waals surface area contributed by atoms with E-state index in [9.17, 15) is 4.79 Å². The number of carbonyl (C=O) groups is 1. The van der Waals surface area contributed by atoms with Gasteiger partial charge in [0.05, 0.1) is 6.42 Å². The number of oxazole rings is 1. The highest BCUT2D eigenvalue weighted by molar-refractivity contribution is 5.95. The van der Waals surface area contributed by atoms with Crippen LogP contribution in [-0.4, -0.2) is 10.8 Å². The van der Waals surface area contributed by atoms with Crippen molar-refractivity contribution in [2.24, 2.45) is 0 Å². The third kappa shape index (κ3) is 1.96. The third-order valence-electron chi connectivity index (χ3n) is 1.33. The van der Waals surface area contributed by atoms with Gasteiger partial charge in [0.15, 0.2) is 11.7 Å². The highest BCUT2D eigenvalue weighted by Crippen LogP contribution is 2.02. The molecule has 0 aliphatic carbocycles. The van der Waals surface area contributed by atoms with Crippen molar-refractivity contribution in [2.75, 3.05) is 0 Å². The average Bonchev–Trinajstić information content (AvgIpc) is 2.47. The molecule has 0 radical (unpaired) electrons. The van der Waals surface area contributed by atoms with Gasteiger partial charge in [0.25, 0.3) is 0 Å². The Hall–Kier alpha value is -1.56. The zero-order chi connectivity index (χ0) is 8.97. The van der Waals surface area contributed by atoms with Gasteiger partial charge in [-0.05, 0) is 6.92 Å². The van der Waals surface area contributed by atoms with Crippen molar-refractivity contribution >= 4 is 5.78 Å². The summed E-state index contributed by atoms with van der Waals surface area (Å²) in [6.07, 6.45) is 1.57. The van der Waals surface area contributed by atoms with Crippen LogP contribution in [0.25, 0.3) is 0 Å². The average molecular weight is 163 g/mol. The molecule has 0 aromatic carbocycles. The number of Topliss-reactive ketones (excluding diaryl/α,β-unsaturated/α-hetero) is 1. The second kappa shape index (κ2) is 3.72. The summed E-state index contributed by atoms with van der Waals surface area (Å²) < 4.78 is 4.89. The van der Waals surface area contributed by atoms with Gasteiger partial charge < -0.3 is 4.42 Å². The number of carbonyl (C=O) groups excluding carboxylic acids is 1. The van der Waals surface area contributed by atoms with E-state index in [0.29, 0.717) is 11.6 Å².